The molecule has 0 spiro atoms. The quantitative estimate of drug-likeness (QED) is 0.640. The topological polar surface area (TPSA) is 96.7 Å². The smallest absolute Gasteiger partial charge is 0.284 e. The van der Waals surface area contributed by atoms with E-state index in [9.17, 15) is 13.2 Å². The van der Waals surface area contributed by atoms with Crippen LogP contribution in [-0.4, -0.2) is 48.4 Å². The number of thiophene rings is 1. The molecule has 1 aliphatic rings. The first-order chi connectivity index (χ1) is 14.7. The number of anilines is 1. The first-order valence-electron chi connectivity index (χ1n) is 10.1. The molecular formula is C21H25N5O3S2. The molecule has 1 amide bonds. The number of amidine groups is 1. The van der Waals surface area contributed by atoms with Gasteiger partial charge in [0.2, 0.25) is 0 Å². The van der Waals surface area contributed by atoms with Gasteiger partial charge in [-0.15, -0.1) is 15.7 Å². The number of sulfonamides is 1. The number of amides is 1. The molecule has 0 bridgehead atoms. The van der Waals surface area contributed by atoms with Gasteiger partial charge in [-0.25, -0.2) is 0 Å². The molecule has 2 aromatic heterocycles. The van der Waals surface area contributed by atoms with E-state index in [1.54, 1.807) is 16.8 Å². The van der Waals surface area contributed by atoms with Gasteiger partial charge >= 0.3 is 0 Å². The minimum atomic E-state index is -3.87. The Morgan fingerprint density at radius 1 is 1.19 bits per heavy atom. The van der Waals surface area contributed by atoms with Crippen molar-refractivity contribution in [2.75, 3.05) is 18.9 Å². The monoisotopic (exact) mass is 459 g/mol. The van der Waals surface area contributed by atoms with E-state index in [4.69, 9.17) is 0 Å². The van der Waals surface area contributed by atoms with Crippen molar-refractivity contribution in [3.63, 3.8) is 0 Å². The van der Waals surface area contributed by atoms with Crippen molar-refractivity contribution in [3.05, 3.63) is 40.9 Å². The molecule has 1 saturated heterocycles. The fourth-order valence-electron chi connectivity index (χ4n) is 3.68. The molecule has 3 aromatic rings. The highest BCUT2D eigenvalue weighted by Gasteiger charge is 2.20. The molecular weight excluding hydrogens is 434 g/mol. The lowest BCUT2D eigenvalue weighted by atomic mass is 10.2. The lowest BCUT2D eigenvalue weighted by Crippen LogP contribution is -2.26. The Balaban J connectivity index is 1.57. The fraction of sp³-hybridized carbons (Fsp3) is 0.381. The number of likely N-dealkylation sites (tertiary alicyclic amines) is 1. The summed E-state index contributed by atoms with van der Waals surface area (Å²) in [5.74, 6) is 0.297. The summed E-state index contributed by atoms with van der Waals surface area (Å²) >= 11 is 1.35. The Bertz CT molecular complexity index is 1240. The maximum absolute atomic E-state index is 12.9. The molecule has 4 rings (SSSR count). The number of nitrogens with one attached hydrogen (secondary N) is 1. The molecule has 0 saturated carbocycles. The summed E-state index contributed by atoms with van der Waals surface area (Å²) in [6.45, 7) is 2.70. The highest BCUT2D eigenvalue weighted by Crippen LogP contribution is 2.28. The van der Waals surface area contributed by atoms with E-state index in [-0.39, 0.29) is 10.8 Å². The van der Waals surface area contributed by atoms with Gasteiger partial charge in [0.1, 0.15) is 10.7 Å². The number of carbonyl (C=O) groups is 1. The van der Waals surface area contributed by atoms with Crippen molar-refractivity contribution in [2.45, 2.75) is 37.5 Å². The minimum absolute atomic E-state index is 0.0619. The van der Waals surface area contributed by atoms with Crippen LogP contribution >= 0.6 is 11.3 Å². The molecule has 1 fully saturated rings. The van der Waals surface area contributed by atoms with E-state index in [1.807, 2.05) is 32.0 Å². The zero-order valence-electron chi connectivity index (χ0n) is 17.8. The zero-order chi connectivity index (χ0) is 22.2. The number of benzene rings is 1. The van der Waals surface area contributed by atoms with E-state index in [2.05, 4.69) is 14.8 Å². The van der Waals surface area contributed by atoms with Crippen molar-refractivity contribution < 1.29 is 13.2 Å². The third-order valence-electron chi connectivity index (χ3n) is 5.37. The Labute approximate surface area is 185 Å². The molecule has 164 valence electrons. The molecule has 0 radical (unpaired) electrons. The number of fused-ring (bicyclic) bond motifs is 1. The first kappa shape index (κ1) is 21.5. The van der Waals surface area contributed by atoms with E-state index in [0.29, 0.717) is 22.8 Å². The van der Waals surface area contributed by atoms with Gasteiger partial charge in [0.25, 0.3) is 15.9 Å². The average Bonchev–Trinajstić information content (AvgIpc) is 3.21. The van der Waals surface area contributed by atoms with Gasteiger partial charge < -0.3 is 10.2 Å². The largest absolute Gasteiger partial charge is 0.362 e. The molecule has 1 aliphatic heterocycles. The molecule has 1 aromatic carbocycles. The number of nitrogens with zero attached hydrogens (tertiary/aromatic N) is 4. The summed E-state index contributed by atoms with van der Waals surface area (Å²) in [7, 11) is -0.153. The van der Waals surface area contributed by atoms with Crippen LogP contribution < -0.4 is 5.32 Å². The molecule has 1 N–H and O–H groups in total. The van der Waals surface area contributed by atoms with Crippen LogP contribution in [0.15, 0.2) is 39.6 Å². The average molecular weight is 460 g/mol. The van der Waals surface area contributed by atoms with Gasteiger partial charge in [0.15, 0.2) is 0 Å². The Kier molecular flexibility index (Phi) is 5.85. The van der Waals surface area contributed by atoms with Crippen LogP contribution in [0.4, 0.5) is 5.69 Å². The molecule has 31 heavy (non-hydrogen) atoms. The molecule has 8 nitrogen and oxygen atoms in total. The molecule has 0 unspecified atom stereocenters. The highest BCUT2D eigenvalue weighted by molar-refractivity contribution is 7.90. The maximum Gasteiger partial charge on any atom is 0.284 e. The van der Waals surface area contributed by atoms with Crippen molar-refractivity contribution >= 4 is 49.0 Å². The van der Waals surface area contributed by atoms with Crippen LogP contribution in [0, 0.1) is 6.92 Å². The van der Waals surface area contributed by atoms with E-state index in [0.717, 1.165) is 41.7 Å². The Morgan fingerprint density at radius 3 is 2.77 bits per heavy atom. The van der Waals surface area contributed by atoms with E-state index in [1.165, 1.54) is 23.5 Å². The minimum Gasteiger partial charge on any atom is -0.362 e. The highest BCUT2D eigenvalue weighted by atomic mass is 32.2. The number of hydrogen-bond donors (Lipinski definition) is 1. The second-order valence-corrected chi connectivity index (χ2v) is 10.4. The number of rotatable bonds is 4. The Hall–Kier alpha value is -2.72. The fourth-order valence-corrected chi connectivity index (χ4v) is 5.84. The predicted octanol–water partition coefficient (Wildman–Crippen LogP) is 3.79. The molecule has 0 aliphatic carbocycles. The van der Waals surface area contributed by atoms with Crippen molar-refractivity contribution in [2.24, 2.45) is 11.4 Å². The van der Waals surface area contributed by atoms with Crippen LogP contribution in [0.2, 0.25) is 0 Å². The van der Waals surface area contributed by atoms with Crippen LogP contribution in [0.5, 0.6) is 0 Å². The lowest BCUT2D eigenvalue weighted by Gasteiger charge is -2.17. The van der Waals surface area contributed by atoms with Crippen molar-refractivity contribution in [3.8, 4) is 0 Å². The summed E-state index contributed by atoms with van der Waals surface area (Å²) in [4.78, 5) is 16.2. The lowest BCUT2D eigenvalue weighted by molar-refractivity contribution is 0.103. The zero-order valence-corrected chi connectivity index (χ0v) is 19.4. The first-order valence-corrected chi connectivity index (χ1v) is 12.4. The van der Waals surface area contributed by atoms with E-state index >= 15 is 0 Å². The third-order valence-corrected chi connectivity index (χ3v) is 7.87. The maximum atomic E-state index is 12.9. The Morgan fingerprint density at radius 2 is 2.00 bits per heavy atom. The van der Waals surface area contributed by atoms with Crippen LogP contribution in [0.25, 0.3) is 10.2 Å². The second-order valence-electron chi connectivity index (χ2n) is 7.74. The SMILES string of the molecule is Cc1nn(C)c2sc(C(=O)Nc3cccc(S(=O)(=O)N=C4CCCCCN4C)c3)cc12. The van der Waals surface area contributed by atoms with Crippen LogP contribution in [-0.2, 0) is 17.1 Å². The molecule has 10 heteroatoms. The standard InChI is InChI=1S/C21H25N5O3S2/c1-14-17-13-18(30-21(17)26(3)23-14)20(27)22-15-8-7-9-16(12-15)31(28,29)24-19-10-5-4-6-11-25(19)2/h7-9,12-13H,4-6,10-11H2,1-3H3,(H,22,27). The molecule has 3 heterocycles. The van der Waals surface area contributed by atoms with Crippen LogP contribution in [0.3, 0.4) is 0 Å². The van der Waals surface area contributed by atoms with E-state index < -0.39 is 10.0 Å². The summed E-state index contributed by atoms with van der Waals surface area (Å²) in [5.41, 5.74) is 1.27. The van der Waals surface area contributed by atoms with Crippen LogP contribution in [0.1, 0.15) is 41.0 Å². The summed E-state index contributed by atoms with van der Waals surface area (Å²) < 4.78 is 31.6. The van der Waals surface area contributed by atoms with Gasteiger partial charge in [0, 0.05) is 38.1 Å². The normalized spacial score (nSPS) is 16.6. The van der Waals surface area contributed by atoms with Gasteiger partial charge in [-0.1, -0.05) is 12.5 Å². The summed E-state index contributed by atoms with van der Waals surface area (Å²) in [5, 5.41) is 8.09. The summed E-state index contributed by atoms with van der Waals surface area (Å²) in [6.07, 6.45) is 3.67. The predicted molar refractivity (Wildman–Crippen MR) is 123 cm³/mol. The number of carbonyl (C=O) groups excluding carboxylic acids is 1. The van der Waals surface area contributed by atoms with Gasteiger partial charge in [0.05, 0.1) is 15.5 Å². The van der Waals surface area contributed by atoms with Gasteiger partial charge in [-0.2, -0.15) is 13.5 Å². The number of hydrogen-bond acceptors (Lipinski definition) is 5. The molecule has 0 atom stereocenters. The van der Waals surface area contributed by atoms with Crippen molar-refractivity contribution in [1.29, 1.82) is 0 Å². The second kappa shape index (κ2) is 8.43. The third kappa shape index (κ3) is 4.49. The summed E-state index contributed by atoms with van der Waals surface area (Å²) in [6, 6.07) is 8.04. The van der Waals surface area contributed by atoms with Gasteiger partial charge in [-0.05, 0) is 44.0 Å². The van der Waals surface area contributed by atoms with Gasteiger partial charge in [-0.3, -0.25) is 9.48 Å². The number of aryl methyl sites for hydroxylation is 2. The number of aromatic nitrogens is 2. The van der Waals surface area contributed by atoms with Crippen molar-refractivity contribution in [1.82, 2.24) is 14.7 Å².